The molecule has 0 saturated heterocycles. The van der Waals surface area contributed by atoms with Gasteiger partial charge in [0.2, 0.25) is 0 Å². The molecule has 3 nitrogen and oxygen atoms in total. The van der Waals surface area contributed by atoms with Gasteiger partial charge in [0, 0.05) is 0 Å². The lowest BCUT2D eigenvalue weighted by Gasteiger charge is -1.99. The quantitative estimate of drug-likeness (QED) is 0.689. The van der Waals surface area contributed by atoms with Crippen molar-refractivity contribution in [3.05, 3.63) is 30.3 Å². The summed E-state index contributed by atoms with van der Waals surface area (Å²) in [5.74, 6) is 0.535. The van der Waals surface area contributed by atoms with E-state index in [4.69, 9.17) is 4.18 Å². The van der Waals surface area contributed by atoms with Gasteiger partial charge < -0.3 is 4.18 Å². The third-order valence-electron chi connectivity index (χ3n) is 1.04. The highest BCUT2D eigenvalue weighted by Crippen LogP contribution is 2.09. The lowest BCUT2D eigenvalue weighted by Crippen LogP contribution is -2.00. The second-order valence-electron chi connectivity index (χ2n) is 1.77. The first kappa shape index (κ1) is 8.23. The van der Waals surface area contributed by atoms with E-state index in [1.807, 2.05) is 6.07 Å². The molecule has 1 unspecified atom stereocenters. The van der Waals surface area contributed by atoms with Crippen LogP contribution in [0.1, 0.15) is 0 Å². The predicted octanol–water partition coefficient (Wildman–Crippen LogP) is 1.29. The topological polar surface area (TPSA) is 35.5 Å². The monoisotopic (exact) mass is 172 g/mol. The Morgan fingerprint density at radius 3 is 2.45 bits per heavy atom. The summed E-state index contributed by atoms with van der Waals surface area (Å²) in [5.41, 5.74) is 0. The van der Waals surface area contributed by atoms with Crippen molar-refractivity contribution in [3.8, 4) is 5.75 Å². The van der Waals surface area contributed by atoms with Crippen LogP contribution < -0.4 is 4.18 Å². The van der Waals surface area contributed by atoms with E-state index in [1.165, 1.54) is 7.11 Å². The molecule has 0 fully saturated rings. The number of hydrogen-bond acceptors (Lipinski definition) is 3. The molecule has 0 heterocycles. The van der Waals surface area contributed by atoms with E-state index >= 15 is 0 Å². The van der Waals surface area contributed by atoms with Crippen LogP contribution in [0, 0.1) is 0 Å². The molecule has 0 spiro atoms. The largest absolute Gasteiger partial charge is 0.380 e. The van der Waals surface area contributed by atoms with E-state index < -0.39 is 11.4 Å². The van der Waals surface area contributed by atoms with Crippen LogP contribution in [0.2, 0.25) is 0 Å². The Balaban J connectivity index is 2.58. The number of rotatable bonds is 3. The molecule has 1 aromatic rings. The number of hydrogen-bond donors (Lipinski definition) is 0. The number of para-hydroxylation sites is 1. The average Bonchev–Trinajstić information content (AvgIpc) is 2.06. The molecule has 1 aromatic carbocycles. The van der Waals surface area contributed by atoms with Crippen molar-refractivity contribution >= 4 is 11.4 Å². The highest BCUT2D eigenvalue weighted by molar-refractivity contribution is 7.75. The average molecular weight is 172 g/mol. The van der Waals surface area contributed by atoms with Crippen LogP contribution in [0.15, 0.2) is 30.3 Å². The van der Waals surface area contributed by atoms with Crippen molar-refractivity contribution in [1.29, 1.82) is 0 Å². The summed E-state index contributed by atoms with van der Waals surface area (Å²) in [6, 6.07) is 8.85. The molecule has 0 radical (unpaired) electrons. The van der Waals surface area contributed by atoms with Crippen LogP contribution in [-0.2, 0) is 15.5 Å². The molecule has 0 aromatic heterocycles. The second kappa shape index (κ2) is 4.10. The van der Waals surface area contributed by atoms with Gasteiger partial charge in [0.15, 0.2) is 0 Å². The summed E-state index contributed by atoms with van der Waals surface area (Å²) < 4.78 is 19.9. The Morgan fingerprint density at radius 1 is 1.27 bits per heavy atom. The minimum absolute atomic E-state index is 0.535. The van der Waals surface area contributed by atoms with Gasteiger partial charge in [0.25, 0.3) is 0 Å². The zero-order valence-electron chi connectivity index (χ0n) is 6.02. The first-order chi connectivity index (χ1) is 5.33. The molecule has 0 bridgehead atoms. The summed E-state index contributed by atoms with van der Waals surface area (Å²) in [4.78, 5) is 0. The summed E-state index contributed by atoms with van der Waals surface area (Å²) in [7, 11) is 1.32. The van der Waals surface area contributed by atoms with Gasteiger partial charge in [-0.05, 0) is 12.1 Å². The predicted molar refractivity (Wildman–Crippen MR) is 42.2 cm³/mol. The molecule has 0 N–H and O–H groups in total. The smallest absolute Gasteiger partial charge is 0.359 e. The fourth-order valence-corrected chi connectivity index (χ4v) is 0.925. The first-order valence-corrected chi connectivity index (χ1v) is 4.02. The Hall–Kier alpha value is -0.870. The fourth-order valence-electron chi connectivity index (χ4n) is 0.589. The summed E-state index contributed by atoms with van der Waals surface area (Å²) in [5, 5.41) is 0. The van der Waals surface area contributed by atoms with Gasteiger partial charge in [-0.3, -0.25) is 4.18 Å². The van der Waals surface area contributed by atoms with Crippen LogP contribution in [0.5, 0.6) is 5.75 Å². The molecule has 4 heteroatoms. The van der Waals surface area contributed by atoms with Gasteiger partial charge in [-0.25, -0.2) is 0 Å². The minimum atomic E-state index is -1.68. The molecular formula is C7H8O3S. The third kappa shape index (κ3) is 2.69. The molecule has 0 saturated carbocycles. The highest BCUT2D eigenvalue weighted by atomic mass is 32.2. The molecule has 11 heavy (non-hydrogen) atoms. The van der Waals surface area contributed by atoms with Gasteiger partial charge in [-0.2, -0.15) is 4.21 Å². The van der Waals surface area contributed by atoms with Crippen LogP contribution in [-0.4, -0.2) is 11.3 Å². The van der Waals surface area contributed by atoms with E-state index in [0.717, 1.165) is 0 Å². The van der Waals surface area contributed by atoms with Crippen molar-refractivity contribution in [3.63, 3.8) is 0 Å². The molecule has 60 valence electrons. The second-order valence-corrected chi connectivity index (χ2v) is 2.68. The number of benzene rings is 1. The standard InChI is InChI=1S/C7H8O3S/c1-9-11(8)10-7-5-3-2-4-6-7/h2-6H,1H3. The lowest BCUT2D eigenvalue weighted by molar-refractivity contribution is 0.383. The summed E-state index contributed by atoms with van der Waals surface area (Å²) in [6.45, 7) is 0. The van der Waals surface area contributed by atoms with Crippen molar-refractivity contribution in [2.75, 3.05) is 7.11 Å². The summed E-state index contributed by atoms with van der Waals surface area (Å²) >= 11 is -1.68. The van der Waals surface area contributed by atoms with E-state index in [2.05, 4.69) is 4.18 Å². The van der Waals surface area contributed by atoms with Crippen LogP contribution >= 0.6 is 0 Å². The normalized spacial score (nSPS) is 12.5. The first-order valence-electron chi connectivity index (χ1n) is 3.02. The minimum Gasteiger partial charge on any atom is -0.380 e. The third-order valence-corrected chi connectivity index (χ3v) is 1.64. The highest BCUT2D eigenvalue weighted by Gasteiger charge is 1.97. The van der Waals surface area contributed by atoms with Gasteiger partial charge in [0.1, 0.15) is 5.75 Å². The Labute approximate surface area is 67.8 Å². The van der Waals surface area contributed by atoms with Crippen molar-refractivity contribution in [2.45, 2.75) is 0 Å². The van der Waals surface area contributed by atoms with Crippen LogP contribution in [0.3, 0.4) is 0 Å². The van der Waals surface area contributed by atoms with E-state index in [9.17, 15) is 4.21 Å². The van der Waals surface area contributed by atoms with E-state index in [1.54, 1.807) is 24.3 Å². The maximum atomic E-state index is 10.6. The maximum Gasteiger partial charge on any atom is 0.359 e. The van der Waals surface area contributed by atoms with E-state index in [-0.39, 0.29) is 0 Å². The molecule has 0 aliphatic heterocycles. The summed E-state index contributed by atoms with van der Waals surface area (Å²) in [6.07, 6.45) is 0. The maximum absolute atomic E-state index is 10.6. The SMILES string of the molecule is COS(=O)Oc1ccccc1. The molecular weight excluding hydrogens is 164 g/mol. The zero-order chi connectivity index (χ0) is 8.10. The van der Waals surface area contributed by atoms with Crippen LogP contribution in [0.4, 0.5) is 0 Å². The molecule has 0 aliphatic carbocycles. The van der Waals surface area contributed by atoms with Gasteiger partial charge in [0.05, 0.1) is 7.11 Å². The molecule has 0 aliphatic rings. The fraction of sp³-hybridized carbons (Fsp3) is 0.143. The van der Waals surface area contributed by atoms with Gasteiger partial charge in [-0.1, -0.05) is 18.2 Å². The lowest BCUT2D eigenvalue weighted by atomic mass is 10.3. The van der Waals surface area contributed by atoms with Gasteiger partial charge in [-0.15, -0.1) is 0 Å². The van der Waals surface area contributed by atoms with Gasteiger partial charge >= 0.3 is 11.4 Å². The molecule has 1 atom stereocenters. The van der Waals surface area contributed by atoms with Crippen molar-refractivity contribution < 1.29 is 12.6 Å². The zero-order valence-corrected chi connectivity index (χ0v) is 6.84. The Kier molecular flexibility index (Phi) is 3.07. The van der Waals surface area contributed by atoms with Crippen molar-refractivity contribution in [1.82, 2.24) is 0 Å². The van der Waals surface area contributed by atoms with E-state index in [0.29, 0.717) is 5.75 Å². The van der Waals surface area contributed by atoms with Crippen molar-refractivity contribution in [2.24, 2.45) is 0 Å². The molecule has 0 amide bonds. The van der Waals surface area contributed by atoms with Crippen LogP contribution in [0.25, 0.3) is 0 Å². The molecule has 1 rings (SSSR count). The Morgan fingerprint density at radius 2 is 1.91 bits per heavy atom. The Bertz CT molecular complexity index is 235.